The second kappa shape index (κ2) is 3.01. The molecule has 0 aromatic rings. The van der Waals surface area contributed by atoms with Gasteiger partial charge in [0.05, 0.1) is 12.0 Å². The van der Waals surface area contributed by atoms with Crippen molar-refractivity contribution in [3.8, 4) is 0 Å². The Bertz CT molecular complexity index is 199. The predicted octanol–water partition coefficient (Wildman–Crippen LogP) is 1.16. The molecule has 0 aromatic heterocycles. The number of allylic oxidation sites excluding steroid dienone is 1. The SMILES string of the molecule is [CH2]S(=O)(=O)C/C(C)=C/C. The summed E-state index contributed by atoms with van der Waals surface area (Å²) in [5.74, 6) is 0.0729. The average Bonchev–Trinajstić information content (AvgIpc) is 1.62. The number of hydrogen-bond acceptors (Lipinski definition) is 2. The zero-order valence-electron chi connectivity index (χ0n) is 5.72. The predicted molar refractivity (Wildman–Crippen MR) is 38.6 cm³/mol. The Hall–Kier alpha value is -0.310. The van der Waals surface area contributed by atoms with Gasteiger partial charge in [-0.05, 0) is 13.8 Å². The third-order valence-electron chi connectivity index (χ3n) is 0.940. The highest BCUT2D eigenvalue weighted by Gasteiger charge is 2.00. The van der Waals surface area contributed by atoms with Crippen LogP contribution in [0.15, 0.2) is 11.6 Å². The van der Waals surface area contributed by atoms with Gasteiger partial charge in [-0.15, -0.1) is 0 Å². The Morgan fingerprint density at radius 2 is 2.11 bits per heavy atom. The lowest BCUT2D eigenvalue weighted by atomic mass is 10.3. The Balaban J connectivity index is 4.07. The molecule has 0 heterocycles. The van der Waals surface area contributed by atoms with Gasteiger partial charge in [-0.3, -0.25) is 0 Å². The topological polar surface area (TPSA) is 34.1 Å². The van der Waals surface area contributed by atoms with Crippen molar-refractivity contribution in [2.45, 2.75) is 13.8 Å². The molecule has 0 unspecified atom stereocenters. The van der Waals surface area contributed by atoms with Gasteiger partial charge < -0.3 is 0 Å². The summed E-state index contributed by atoms with van der Waals surface area (Å²) in [5.41, 5.74) is 0.838. The molecule has 2 nitrogen and oxygen atoms in total. The van der Waals surface area contributed by atoms with Crippen LogP contribution < -0.4 is 0 Å². The standard InChI is InChI=1S/C6H11O2S/c1-4-6(2)5-9(3,7)8/h4H,3,5H2,1-2H3/b6-4+. The summed E-state index contributed by atoms with van der Waals surface area (Å²) in [4.78, 5) is 0. The first-order valence-corrected chi connectivity index (χ1v) is 4.45. The normalized spacial score (nSPS) is 13.9. The summed E-state index contributed by atoms with van der Waals surface area (Å²) in [6, 6.07) is 0. The van der Waals surface area contributed by atoms with E-state index >= 15 is 0 Å². The first kappa shape index (κ1) is 8.69. The summed E-state index contributed by atoms with van der Waals surface area (Å²) in [7, 11) is -3.05. The molecule has 53 valence electrons. The minimum absolute atomic E-state index is 0.0729. The van der Waals surface area contributed by atoms with Gasteiger partial charge in [-0.25, -0.2) is 8.42 Å². The van der Waals surface area contributed by atoms with Crippen LogP contribution in [-0.2, 0) is 9.84 Å². The zero-order chi connectivity index (χ0) is 7.49. The lowest BCUT2D eigenvalue weighted by Crippen LogP contribution is -2.00. The molecule has 0 fully saturated rings. The van der Waals surface area contributed by atoms with Gasteiger partial charge in [0.25, 0.3) is 0 Å². The lowest BCUT2D eigenvalue weighted by Gasteiger charge is -1.94. The number of sulfone groups is 1. The number of hydrogen-bond donors (Lipinski definition) is 0. The molecule has 0 aliphatic rings. The summed E-state index contributed by atoms with van der Waals surface area (Å²) >= 11 is 0. The summed E-state index contributed by atoms with van der Waals surface area (Å²) in [5, 5.41) is 0. The molecule has 1 radical (unpaired) electrons. The average molecular weight is 147 g/mol. The van der Waals surface area contributed by atoms with E-state index in [1.54, 1.807) is 19.9 Å². The Morgan fingerprint density at radius 1 is 1.67 bits per heavy atom. The highest BCUT2D eigenvalue weighted by molar-refractivity contribution is 7.92. The van der Waals surface area contributed by atoms with Gasteiger partial charge in [0.15, 0.2) is 9.84 Å². The van der Waals surface area contributed by atoms with Crippen LogP contribution in [-0.4, -0.2) is 14.2 Å². The van der Waals surface area contributed by atoms with Crippen molar-refractivity contribution in [2.24, 2.45) is 0 Å². The van der Waals surface area contributed by atoms with Crippen molar-refractivity contribution in [2.75, 3.05) is 5.75 Å². The molecular weight excluding hydrogens is 136 g/mol. The molecule has 0 N–H and O–H groups in total. The van der Waals surface area contributed by atoms with E-state index in [2.05, 4.69) is 6.26 Å². The second-order valence-corrected chi connectivity index (χ2v) is 3.80. The first-order chi connectivity index (χ1) is 3.95. The maximum atomic E-state index is 10.4. The summed E-state index contributed by atoms with van der Waals surface area (Å²) in [6.45, 7) is 3.57. The van der Waals surface area contributed by atoms with Gasteiger partial charge in [0.1, 0.15) is 0 Å². The molecule has 0 aliphatic heterocycles. The van der Waals surface area contributed by atoms with Gasteiger partial charge in [0, 0.05) is 0 Å². The summed E-state index contributed by atoms with van der Waals surface area (Å²) in [6.07, 6.45) is 4.76. The molecule has 0 bridgehead atoms. The van der Waals surface area contributed by atoms with E-state index < -0.39 is 9.84 Å². The van der Waals surface area contributed by atoms with Crippen LogP contribution >= 0.6 is 0 Å². The summed E-state index contributed by atoms with van der Waals surface area (Å²) < 4.78 is 20.9. The van der Waals surface area contributed by atoms with Crippen LogP contribution in [0.3, 0.4) is 0 Å². The van der Waals surface area contributed by atoms with Crippen molar-refractivity contribution < 1.29 is 8.42 Å². The molecule has 0 saturated carbocycles. The smallest absolute Gasteiger partial charge is 0.155 e. The van der Waals surface area contributed by atoms with Crippen LogP contribution in [0, 0.1) is 6.26 Å². The van der Waals surface area contributed by atoms with E-state index in [1.165, 1.54) is 0 Å². The minimum atomic E-state index is -3.05. The first-order valence-electron chi connectivity index (χ1n) is 2.63. The molecule has 0 aromatic carbocycles. The third-order valence-corrected chi connectivity index (χ3v) is 1.84. The van der Waals surface area contributed by atoms with E-state index in [0.29, 0.717) is 0 Å². The van der Waals surface area contributed by atoms with Crippen molar-refractivity contribution in [3.63, 3.8) is 0 Å². The fraction of sp³-hybridized carbons (Fsp3) is 0.500. The van der Waals surface area contributed by atoms with Crippen molar-refractivity contribution >= 4 is 9.84 Å². The van der Waals surface area contributed by atoms with Crippen LogP contribution in [0.2, 0.25) is 0 Å². The second-order valence-electron chi connectivity index (χ2n) is 2.02. The third kappa shape index (κ3) is 5.56. The molecule has 0 atom stereocenters. The van der Waals surface area contributed by atoms with Crippen molar-refractivity contribution in [3.05, 3.63) is 17.9 Å². The fourth-order valence-corrected chi connectivity index (χ4v) is 1.29. The molecule has 0 rings (SSSR count). The van der Waals surface area contributed by atoms with E-state index in [1.807, 2.05) is 0 Å². The van der Waals surface area contributed by atoms with Gasteiger partial charge in [0.2, 0.25) is 0 Å². The fourth-order valence-electron chi connectivity index (χ4n) is 0.430. The van der Waals surface area contributed by atoms with E-state index in [4.69, 9.17) is 0 Å². The maximum Gasteiger partial charge on any atom is 0.155 e. The van der Waals surface area contributed by atoms with Crippen molar-refractivity contribution in [1.82, 2.24) is 0 Å². The largest absolute Gasteiger partial charge is 0.228 e. The lowest BCUT2D eigenvalue weighted by molar-refractivity contribution is 0.606. The van der Waals surface area contributed by atoms with Gasteiger partial charge >= 0.3 is 0 Å². The van der Waals surface area contributed by atoms with Gasteiger partial charge in [-0.2, -0.15) is 0 Å². The van der Waals surface area contributed by atoms with E-state index in [0.717, 1.165) is 5.57 Å². The molecule has 0 aliphatic carbocycles. The molecule has 9 heavy (non-hydrogen) atoms. The highest BCUT2D eigenvalue weighted by atomic mass is 32.2. The van der Waals surface area contributed by atoms with Crippen molar-refractivity contribution in [1.29, 1.82) is 0 Å². The van der Waals surface area contributed by atoms with E-state index in [9.17, 15) is 8.42 Å². The van der Waals surface area contributed by atoms with Crippen LogP contribution in [0.1, 0.15) is 13.8 Å². The van der Waals surface area contributed by atoms with Crippen LogP contribution in [0.25, 0.3) is 0 Å². The Kier molecular flexibility index (Phi) is 2.91. The molecule has 0 amide bonds. The zero-order valence-corrected chi connectivity index (χ0v) is 6.53. The van der Waals surface area contributed by atoms with Crippen LogP contribution in [0.5, 0.6) is 0 Å². The molecule has 0 saturated heterocycles. The quantitative estimate of drug-likeness (QED) is 0.549. The molecular formula is C6H11O2S. The molecule has 3 heteroatoms. The molecule has 0 spiro atoms. The van der Waals surface area contributed by atoms with Gasteiger partial charge in [-0.1, -0.05) is 11.6 Å². The van der Waals surface area contributed by atoms with E-state index in [-0.39, 0.29) is 5.75 Å². The Labute approximate surface area is 56.5 Å². The Morgan fingerprint density at radius 3 is 2.22 bits per heavy atom. The maximum absolute atomic E-state index is 10.4. The number of rotatable bonds is 2. The minimum Gasteiger partial charge on any atom is -0.228 e. The monoisotopic (exact) mass is 147 g/mol. The highest BCUT2D eigenvalue weighted by Crippen LogP contribution is 1.97. The van der Waals surface area contributed by atoms with Crippen LogP contribution in [0.4, 0.5) is 0 Å².